The first-order valence-corrected chi connectivity index (χ1v) is 8.23. The molecule has 0 saturated heterocycles. The Morgan fingerprint density at radius 2 is 1.80 bits per heavy atom. The monoisotopic (exact) mass is 294 g/mol. The number of methoxy groups -OCH3 is 1. The van der Waals surface area contributed by atoms with Crippen LogP contribution in [0.25, 0.3) is 0 Å². The van der Waals surface area contributed by atoms with Gasteiger partial charge in [0.2, 0.25) is 0 Å². The van der Waals surface area contributed by atoms with E-state index in [-0.39, 0.29) is 5.41 Å². The highest BCUT2D eigenvalue weighted by atomic mass is 32.1. The molecular formula is C17H26O2S. The molecule has 0 spiro atoms. The molecule has 0 aromatic heterocycles. The van der Waals surface area contributed by atoms with Gasteiger partial charge < -0.3 is 9.47 Å². The second kappa shape index (κ2) is 7.94. The number of thiol groups is 1. The fraction of sp³-hybridized carbons (Fsp3) is 0.647. The SMILES string of the molecule is COCCc1ccc(OCC2(CS)CCCCC2)cc1. The van der Waals surface area contributed by atoms with Crippen molar-refractivity contribution in [3.8, 4) is 5.75 Å². The van der Waals surface area contributed by atoms with Crippen molar-refractivity contribution in [3.63, 3.8) is 0 Å². The van der Waals surface area contributed by atoms with Crippen LogP contribution in [0.5, 0.6) is 5.75 Å². The molecule has 20 heavy (non-hydrogen) atoms. The maximum atomic E-state index is 6.02. The number of benzene rings is 1. The van der Waals surface area contributed by atoms with Crippen LogP contribution in [-0.2, 0) is 11.2 Å². The van der Waals surface area contributed by atoms with Crippen molar-refractivity contribution >= 4 is 12.6 Å². The number of rotatable bonds is 7. The maximum absolute atomic E-state index is 6.02. The molecule has 1 aliphatic carbocycles. The van der Waals surface area contributed by atoms with E-state index in [2.05, 4.69) is 36.9 Å². The topological polar surface area (TPSA) is 18.5 Å². The first-order chi connectivity index (χ1) is 9.78. The lowest BCUT2D eigenvalue weighted by atomic mass is 9.76. The zero-order valence-corrected chi connectivity index (χ0v) is 13.3. The first kappa shape index (κ1) is 15.7. The van der Waals surface area contributed by atoms with Crippen LogP contribution in [0.15, 0.2) is 24.3 Å². The van der Waals surface area contributed by atoms with Crippen LogP contribution in [0.1, 0.15) is 37.7 Å². The van der Waals surface area contributed by atoms with E-state index >= 15 is 0 Å². The first-order valence-electron chi connectivity index (χ1n) is 7.60. The molecule has 3 heteroatoms. The molecule has 0 bridgehead atoms. The van der Waals surface area contributed by atoms with Crippen molar-refractivity contribution in [1.82, 2.24) is 0 Å². The molecule has 2 nitrogen and oxygen atoms in total. The lowest BCUT2D eigenvalue weighted by Crippen LogP contribution is -2.32. The van der Waals surface area contributed by atoms with Crippen molar-refractivity contribution in [2.24, 2.45) is 5.41 Å². The second-order valence-electron chi connectivity index (χ2n) is 5.89. The van der Waals surface area contributed by atoms with Crippen LogP contribution < -0.4 is 4.74 Å². The lowest BCUT2D eigenvalue weighted by molar-refractivity contribution is 0.121. The van der Waals surface area contributed by atoms with Crippen molar-refractivity contribution < 1.29 is 9.47 Å². The van der Waals surface area contributed by atoms with Gasteiger partial charge in [0.15, 0.2) is 0 Å². The Morgan fingerprint density at radius 1 is 1.10 bits per heavy atom. The van der Waals surface area contributed by atoms with Gasteiger partial charge in [-0.25, -0.2) is 0 Å². The van der Waals surface area contributed by atoms with Gasteiger partial charge >= 0.3 is 0 Å². The van der Waals surface area contributed by atoms with Gasteiger partial charge in [-0.05, 0) is 42.7 Å². The third-order valence-corrected chi connectivity index (χ3v) is 4.98. The minimum Gasteiger partial charge on any atom is -0.493 e. The molecule has 112 valence electrons. The highest BCUT2D eigenvalue weighted by Gasteiger charge is 2.31. The molecule has 0 aliphatic heterocycles. The summed E-state index contributed by atoms with van der Waals surface area (Å²) in [5.74, 6) is 1.90. The Kier molecular flexibility index (Phi) is 6.24. The van der Waals surface area contributed by atoms with Crippen molar-refractivity contribution in [1.29, 1.82) is 0 Å². The van der Waals surface area contributed by atoms with Gasteiger partial charge in [0, 0.05) is 12.5 Å². The van der Waals surface area contributed by atoms with Gasteiger partial charge in [0.05, 0.1) is 13.2 Å². The van der Waals surface area contributed by atoms with Crippen LogP contribution in [0.2, 0.25) is 0 Å². The number of hydrogen-bond donors (Lipinski definition) is 1. The van der Waals surface area contributed by atoms with E-state index in [1.165, 1.54) is 37.7 Å². The molecule has 1 saturated carbocycles. The van der Waals surface area contributed by atoms with E-state index in [9.17, 15) is 0 Å². The van der Waals surface area contributed by atoms with Gasteiger partial charge in [-0.3, -0.25) is 0 Å². The molecule has 0 unspecified atom stereocenters. The van der Waals surface area contributed by atoms with Crippen LogP contribution in [-0.4, -0.2) is 26.1 Å². The summed E-state index contributed by atoms with van der Waals surface area (Å²) in [4.78, 5) is 0. The Labute approximate surface area is 128 Å². The predicted octanol–water partition coefficient (Wildman–Crippen LogP) is 4.13. The van der Waals surface area contributed by atoms with Gasteiger partial charge in [-0.1, -0.05) is 31.4 Å². The van der Waals surface area contributed by atoms with Crippen LogP contribution in [0, 0.1) is 5.41 Å². The van der Waals surface area contributed by atoms with E-state index in [1.54, 1.807) is 7.11 Å². The van der Waals surface area contributed by atoms with Crippen molar-refractivity contribution in [3.05, 3.63) is 29.8 Å². The van der Waals surface area contributed by atoms with E-state index in [0.29, 0.717) is 0 Å². The predicted molar refractivity (Wildman–Crippen MR) is 86.9 cm³/mol. The number of hydrogen-bond acceptors (Lipinski definition) is 3. The molecule has 1 aromatic rings. The maximum Gasteiger partial charge on any atom is 0.119 e. The van der Waals surface area contributed by atoms with Gasteiger partial charge in [0.1, 0.15) is 5.75 Å². The van der Waals surface area contributed by atoms with Crippen molar-refractivity contribution in [2.75, 3.05) is 26.1 Å². The highest BCUT2D eigenvalue weighted by molar-refractivity contribution is 7.80. The summed E-state index contributed by atoms with van der Waals surface area (Å²) in [6.45, 7) is 1.57. The van der Waals surface area contributed by atoms with Crippen molar-refractivity contribution in [2.45, 2.75) is 38.5 Å². The smallest absolute Gasteiger partial charge is 0.119 e. The minimum atomic E-state index is 0.288. The Hall–Kier alpha value is -0.670. The number of ether oxygens (including phenoxy) is 2. The fourth-order valence-corrected chi connectivity index (χ4v) is 3.27. The molecule has 0 amide bonds. The highest BCUT2D eigenvalue weighted by Crippen LogP contribution is 2.37. The summed E-state index contributed by atoms with van der Waals surface area (Å²) in [5.41, 5.74) is 1.58. The molecule has 0 heterocycles. The molecule has 0 atom stereocenters. The molecular weight excluding hydrogens is 268 g/mol. The van der Waals surface area contributed by atoms with Gasteiger partial charge in [-0.15, -0.1) is 0 Å². The third kappa shape index (κ3) is 4.42. The minimum absolute atomic E-state index is 0.288. The summed E-state index contributed by atoms with van der Waals surface area (Å²) in [6.07, 6.45) is 7.46. The standard InChI is InChI=1S/C17H26O2S/c1-18-12-9-15-5-7-16(8-6-15)19-13-17(14-20)10-3-2-4-11-17/h5-8,20H,2-4,9-14H2,1H3. The Balaban J connectivity index is 1.86. The summed E-state index contributed by atoms with van der Waals surface area (Å²) >= 11 is 4.56. The molecule has 2 rings (SSSR count). The van der Waals surface area contributed by atoms with E-state index in [0.717, 1.165) is 31.1 Å². The third-order valence-electron chi connectivity index (χ3n) is 4.31. The molecule has 1 fully saturated rings. The summed E-state index contributed by atoms with van der Waals surface area (Å²) < 4.78 is 11.1. The van der Waals surface area contributed by atoms with Crippen LogP contribution in [0.3, 0.4) is 0 Å². The largest absolute Gasteiger partial charge is 0.493 e. The Morgan fingerprint density at radius 3 is 2.40 bits per heavy atom. The lowest BCUT2D eigenvalue weighted by Gasteiger charge is -2.35. The zero-order valence-electron chi connectivity index (χ0n) is 12.4. The van der Waals surface area contributed by atoms with E-state index < -0.39 is 0 Å². The van der Waals surface area contributed by atoms with Gasteiger partial charge in [0.25, 0.3) is 0 Å². The zero-order chi connectivity index (χ0) is 14.3. The average Bonchev–Trinajstić information content (AvgIpc) is 2.53. The summed E-state index contributed by atoms with van der Waals surface area (Å²) in [7, 11) is 1.73. The summed E-state index contributed by atoms with van der Waals surface area (Å²) in [6, 6.07) is 8.39. The molecule has 1 aliphatic rings. The molecule has 0 N–H and O–H groups in total. The summed E-state index contributed by atoms with van der Waals surface area (Å²) in [5, 5.41) is 0. The normalized spacial score (nSPS) is 17.9. The van der Waals surface area contributed by atoms with Crippen LogP contribution >= 0.6 is 12.6 Å². The van der Waals surface area contributed by atoms with E-state index in [1.807, 2.05) is 0 Å². The second-order valence-corrected chi connectivity index (χ2v) is 6.21. The quantitative estimate of drug-likeness (QED) is 0.762. The van der Waals surface area contributed by atoms with E-state index in [4.69, 9.17) is 9.47 Å². The Bertz CT molecular complexity index is 382. The van der Waals surface area contributed by atoms with Gasteiger partial charge in [-0.2, -0.15) is 12.6 Å². The fourth-order valence-electron chi connectivity index (χ4n) is 2.86. The molecule has 0 radical (unpaired) electrons. The van der Waals surface area contributed by atoms with Crippen LogP contribution in [0.4, 0.5) is 0 Å². The molecule has 1 aromatic carbocycles. The average molecular weight is 294 g/mol.